The molecule has 1 atom stereocenters. The molecule has 3 nitrogen and oxygen atoms in total. The van der Waals surface area contributed by atoms with Gasteiger partial charge in [-0.3, -0.25) is 4.90 Å². The maximum Gasteiger partial charge on any atom is 0.0593 e. The highest BCUT2D eigenvalue weighted by atomic mass is 16.5. The first-order valence-corrected chi connectivity index (χ1v) is 6.47. The van der Waals surface area contributed by atoms with E-state index < -0.39 is 0 Å². The highest BCUT2D eigenvalue weighted by Crippen LogP contribution is 2.02. The molecule has 0 heterocycles. The zero-order valence-electron chi connectivity index (χ0n) is 12.0. The number of hydrogen-bond acceptors (Lipinski definition) is 3. The number of rotatable bonds is 8. The lowest BCUT2D eigenvalue weighted by Gasteiger charge is -2.31. The Labute approximate surface area is 102 Å². The van der Waals surface area contributed by atoms with Crippen LogP contribution in [-0.2, 0) is 4.74 Å². The summed E-state index contributed by atoms with van der Waals surface area (Å²) in [7, 11) is 0. The number of nitrogens with one attached hydrogen (secondary N) is 1. The van der Waals surface area contributed by atoms with Crippen molar-refractivity contribution in [3.63, 3.8) is 0 Å². The molecule has 0 aromatic rings. The highest BCUT2D eigenvalue weighted by Gasteiger charge is 2.15. The molecule has 0 amide bonds. The normalized spacial score (nSPS) is 14.4. The summed E-state index contributed by atoms with van der Waals surface area (Å²) in [5.41, 5.74) is 0.202. The van der Waals surface area contributed by atoms with Gasteiger partial charge in [-0.05, 0) is 41.2 Å². The molecule has 3 heteroatoms. The summed E-state index contributed by atoms with van der Waals surface area (Å²) in [6, 6.07) is 0.560. The SMILES string of the molecule is CCOCCN(CC)C(C)CNC(C)(C)C. The molecule has 0 fully saturated rings. The Bertz CT molecular complexity index is 166. The number of nitrogens with zero attached hydrogens (tertiary/aromatic N) is 1. The van der Waals surface area contributed by atoms with E-state index in [0.717, 1.165) is 32.8 Å². The number of likely N-dealkylation sites (N-methyl/N-ethyl adjacent to an activating group) is 1. The quantitative estimate of drug-likeness (QED) is 0.646. The summed E-state index contributed by atoms with van der Waals surface area (Å²) in [6.45, 7) is 17.9. The molecule has 0 saturated heterocycles. The molecule has 0 rings (SSSR count). The Morgan fingerprint density at radius 3 is 2.31 bits per heavy atom. The summed E-state index contributed by atoms with van der Waals surface area (Å²) < 4.78 is 5.40. The predicted octanol–water partition coefficient (Wildman–Crippen LogP) is 2.12. The van der Waals surface area contributed by atoms with Crippen molar-refractivity contribution in [2.75, 3.05) is 32.8 Å². The lowest BCUT2D eigenvalue weighted by Crippen LogP contribution is -2.47. The fourth-order valence-corrected chi connectivity index (χ4v) is 1.60. The van der Waals surface area contributed by atoms with Gasteiger partial charge in [0.25, 0.3) is 0 Å². The zero-order chi connectivity index (χ0) is 12.6. The van der Waals surface area contributed by atoms with Crippen LogP contribution < -0.4 is 5.32 Å². The van der Waals surface area contributed by atoms with Gasteiger partial charge in [-0.1, -0.05) is 6.92 Å². The molecule has 0 aromatic heterocycles. The van der Waals surface area contributed by atoms with Crippen LogP contribution in [0.1, 0.15) is 41.5 Å². The second-order valence-corrected chi connectivity index (χ2v) is 5.31. The van der Waals surface area contributed by atoms with Crippen LogP contribution in [0.15, 0.2) is 0 Å². The third-order valence-electron chi connectivity index (χ3n) is 2.68. The van der Waals surface area contributed by atoms with E-state index in [-0.39, 0.29) is 5.54 Å². The van der Waals surface area contributed by atoms with Crippen molar-refractivity contribution in [2.45, 2.75) is 53.1 Å². The first-order chi connectivity index (χ1) is 7.40. The average molecular weight is 230 g/mol. The Kier molecular flexibility index (Phi) is 7.98. The van der Waals surface area contributed by atoms with E-state index >= 15 is 0 Å². The molecule has 0 radical (unpaired) electrons. The van der Waals surface area contributed by atoms with E-state index in [9.17, 15) is 0 Å². The minimum absolute atomic E-state index is 0.202. The first-order valence-electron chi connectivity index (χ1n) is 6.47. The molecule has 0 aliphatic carbocycles. The maximum atomic E-state index is 5.40. The summed E-state index contributed by atoms with van der Waals surface area (Å²) in [4.78, 5) is 2.45. The Hall–Kier alpha value is -0.120. The van der Waals surface area contributed by atoms with E-state index in [1.807, 2.05) is 6.92 Å². The fraction of sp³-hybridized carbons (Fsp3) is 1.00. The molecule has 16 heavy (non-hydrogen) atoms. The van der Waals surface area contributed by atoms with Crippen molar-refractivity contribution in [1.82, 2.24) is 10.2 Å². The maximum absolute atomic E-state index is 5.40. The summed E-state index contributed by atoms with van der Waals surface area (Å²) in [5, 5.41) is 3.54. The number of ether oxygens (including phenoxy) is 1. The molecule has 98 valence electrons. The van der Waals surface area contributed by atoms with Crippen molar-refractivity contribution in [1.29, 1.82) is 0 Å². The smallest absolute Gasteiger partial charge is 0.0593 e. The molecular formula is C13H30N2O. The average Bonchev–Trinajstić information content (AvgIpc) is 2.20. The minimum Gasteiger partial charge on any atom is -0.380 e. The topological polar surface area (TPSA) is 24.5 Å². The summed E-state index contributed by atoms with van der Waals surface area (Å²) in [6.07, 6.45) is 0. The molecule has 1 unspecified atom stereocenters. The van der Waals surface area contributed by atoms with E-state index in [1.165, 1.54) is 0 Å². The van der Waals surface area contributed by atoms with Gasteiger partial charge in [0.15, 0.2) is 0 Å². The lowest BCUT2D eigenvalue weighted by atomic mass is 10.1. The first kappa shape index (κ1) is 15.9. The van der Waals surface area contributed by atoms with Crippen LogP contribution >= 0.6 is 0 Å². The monoisotopic (exact) mass is 230 g/mol. The third kappa shape index (κ3) is 8.08. The van der Waals surface area contributed by atoms with Gasteiger partial charge in [-0.2, -0.15) is 0 Å². The molecule has 0 aliphatic heterocycles. The van der Waals surface area contributed by atoms with Gasteiger partial charge in [0.2, 0.25) is 0 Å². The van der Waals surface area contributed by atoms with E-state index in [0.29, 0.717) is 6.04 Å². The minimum atomic E-state index is 0.202. The Balaban J connectivity index is 3.86. The van der Waals surface area contributed by atoms with Crippen molar-refractivity contribution < 1.29 is 4.74 Å². The standard InChI is InChI=1S/C13H30N2O/c1-7-15(9-10-16-8-2)12(3)11-14-13(4,5)6/h12,14H,7-11H2,1-6H3. The highest BCUT2D eigenvalue weighted by molar-refractivity contribution is 4.75. The van der Waals surface area contributed by atoms with Gasteiger partial charge in [-0.15, -0.1) is 0 Å². The fourth-order valence-electron chi connectivity index (χ4n) is 1.60. The molecule has 0 aromatic carbocycles. The van der Waals surface area contributed by atoms with Crippen LogP contribution in [0.2, 0.25) is 0 Å². The van der Waals surface area contributed by atoms with E-state index in [4.69, 9.17) is 4.74 Å². The van der Waals surface area contributed by atoms with E-state index in [1.54, 1.807) is 0 Å². The van der Waals surface area contributed by atoms with Crippen LogP contribution in [0.25, 0.3) is 0 Å². The number of hydrogen-bond donors (Lipinski definition) is 1. The summed E-state index contributed by atoms with van der Waals surface area (Å²) in [5.74, 6) is 0. The molecule has 0 bridgehead atoms. The van der Waals surface area contributed by atoms with Crippen LogP contribution in [0.4, 0.5) is 0 Å². The largest absolute Gasteiger partial charge is 0.380 e. The van der Waals surface area contributed by atoms with Crippen molar-refractivity contribution in [2.24, 2.45) is 0 Å². The van der Waals surface area contributed by atoms with Gasteiger partial charge in [0.1, 0.15) is 0 Å². The van der Waals surface area contributed by atoms with E-state index in [2.05, 4.69) is 44.8 Å². The molecule has 1 N–H and O–H groups in total. The van der Waals surface area contributed by atoms with Gasteiger partial charge < -0.3 is 10.1 Å². The molecule has 0 aliphatic rings. The Morgan fingerprint density at radius 2 is 1.88 bits per heavy atom. The van der Waals surface area contributed by atoms with Crippen LogP contribution in [0, 0.1) is 0 Å². The van der Waals surface area contributed by atoms with Crippen LogP contribution in [0.5, 0.6) is 0 Å². The van der Waals surface area contributed by atoms with Crippen molar-refractivity contribution >= 4 is 0 Å². The third-order valence-corrected chi connectivity index (χ3v) is 2.68. The molecule has 0 spiro atoms. The van der Waals surface area contributed by atoms with Gasteiger partial charge >= 0.3 is 0 Å². The molecular weight excluding hydrogens is 200 g/mol. The van der Waals surface area contributed by atoms with Crippen molar-refractivity contribution in [3.8, 4) is 0 Å². The van der Waals surface area contributed by atoms with Crippen LogP contribution in [0.3, 0.4) is 0 Å². The summed E-state index contributed by atoms with van der Waals surface area (Å²) >= 11 is 0. The van der Waals surface area contributed by atoms with Crippen molar-refractivity contribution in [3.05, 3.63) is 0 Å². The van der Waals surface area contributed by atoms with Crippen LogP contribution in [-0.4, -0.2) is 49.3 Å². The van der Waals surface area contributed by atoms with Gasteiger partial charge in [0.05, 0.1) is 6.61 Å². The lowest BCUT2D eigenvalue weighted by molar-refractivity contribution is 0.0983. The Morgan fingerprint density at radius 1 is 1.25 bits per heavy atom. The van der Waals surface area contributed by atoms with Gasteiger partial charge in [0, 0.05) is 31.3 Å². The predicted molar refractivity (Wildman–Crippen MR) is 71.0 cm³/mol. The molecule has 0 saturated carbocycles. The second kappa shape index (κ2) is 8.04. The zero-order valence-corrected chi connectivity index (χ0v) is 12.0. The van der Waals surface area contributed by atoms with Gasteiger partial charge in [-0.25, -0.2) is 0 Å². The second-order valence-electron chi connectivity index (χ2n) is 5.31.